The Morgan fingerprint density at radius 2 is 1.32 bits per heavy atom. The lowest BCUT2D eigenvalue weighted by Gasteiger charge is -2.64. The second-order valence-corrected chi connectivity index (χ2v) is 19.0. The molecule has 5 nitrogen and oxygen atoms in total. The molecule has 6 saturated carbocycles. The molecule has 0 radical (unpaired) electrons. The maximum absolute atomic E-state index is 13.0. The molecule has 0 amide bonds. The Morgan fingerprint density at radius 1 is 0.750 bits per heavy atom. The van der Waals surface area contributed by atoms with Crippen LogP contribution in [0.15, 0.2) is 12.3 Å². The third-order valence-corrected chi connectivity index (χ3v) is 14.4. The zero-order valence-corrected chi connectivity index (χ0v) is 29.5. The van der Waals surface area contributed by atoms with Crippen molar-refractivity contribution in [2.75, 3.05) is 0 Å². The van der Waals surface area contributed by atoms with Gasteiger partial charge in [-0.1, -0.05) is 52.5 Å². The number of nitrogens with two attached hydrogens (primary N) is 1. The molecule has 0 spiro atoms. The Morgan fingerprint density at radius 3 is 1.93 bits per heavy atom. The molecule has 0 aromatic carbocycles. The van der Waals surface area contributed by atoms with Crippen molar-refractivity contribution >= 4 is 5.97 Å². The van der Waals surface area contributed by atoms with Gasteiger partial charge < -0.3 is 19.9 Å². The Hall–Kier alpha value is -1.07. The first-order valence-corrected chi connectivity index (χ1v) is 18.5. The molecule has 0 saturated heterocycles. The maximum Gasteiger partial charge on any atom is 0.354 e. The van der Waals surface area contributed by atoms with Crippen LogP contribution in [0.5, 0.6) is 0 Å². The fourth-order valence-corrected chi connectivity index (χ4v) is 12.8. The van der Waals surface area contributed by atoms with Gasteiger partial charge in [0.25, 0.3) is 0 Å². The number of rotatable bonds is 8. The van der Waals surface area contributed by atoms with Crippen LogP contribution in [0.1, 0.15) is 164 Å². The second-order valence-electron chi connectivity index (χ2n) is 19.0. The Labute approximate surface area is 269 Å². The number of esters is 1. The van der Waals surface area contributed by atoms with E-state index in [1.54, 1.807) is 0 Å². The molecule has 6 aliphatic carbocycles. The second kappa shape index (κ2) is 11.0. The first-order chi connectivity index (χ1) is 20.4. The van der Waals surface area contributed by atoms with E-state index in [9.17, 15) is 4.79 Å². The molecule has 0 aromatic heterocycles. The molecule has 0 aliphatic heterocycles. The summed E-state index contributed by atoms with van der Waals surface area (Å²) in [6.45, 7) is 20.3. The average Bonchev–Trinajstić information content (AvgIpc) is 2.86. The van der Waals surface area contributed by atoms with Crippen molar-refractivity contribution in [1.82, 2.24) is 0 Å². The van der Waals surface area contributed by atoms with Gasteiger partial charge >= 0.3 is 5.97 Å². The van der Waals surface area contributed by atoms with Gasteiger partial charge in [-0.2, -0.15) is 0 Å². The van der Waals surface area contributed by atoms with Gasteiger partial charge in [0.2, 0.25) is 0 Å². The van der Waals surface area contributed by atoms with Crippen LogP contribution in [0, 0.1) is 34.5 Å². The smallest absolute Gasteiger partial charge is 0.354 e. The standard InChI is InChI=1S/C39H65NO4/c1-27-18-29-14-10-15-37(20-27,23-29)34(5,6)44-39-17-11-16-38(26-39,24-36(8,25-39)42-32(41)28(2)40)43-33(3,4)35(7)21-30-12-9-13-31(19-30)22-35/h27,29-31H,2,9-26,40H2,1,3-8H3. The summed E-state index contributed by atoms with van der Waals surface area (Å²) in [6.07, 6.45) is 21.2. The summed E-state index contributed by atoms with van der Waals surface area (Å²) in [5, 5.41) is 0. The van der Waals surface area contributed by atoms with E-state index in [0.29, 0.717) is 12.8 Å². The van der Waals surface area contributed by atoms with Crippen LogP contribution >= 0.6 is 0 Å². The molecular formula is C39H65NO4. The van der Waals surface area contributed by atoms with Gasteiger partial charge in [-0.15, -0.1) is 0 Å². The van der Waals surface area contributed by atoms with Crippen molar-refractivity contribution in [3.63, 3.8) is 0 Å². The monoisotopic (exact) mass is 611 g/mol. The number of hydrogen-bond donors (Lipinski definition) is 1. The first kappa shape index (κ1) is 32.9. The molecule has 8 unspecified atom stereocenters. The average molecular weight is 612 g/mol. The minimum atomic E-state index is -0.735. The van der Waals surface area contributed by atoms with Gasteiger partial charge in [0, 0.05) is 19.3 Å². The third kappa shape index (κ3) is 5.93. The summed E-state index contributed by atoms with van der Waals surface area (Å²) in [4.78, 5) is 13.0. The molecule has 0 heterocycles. The van der Waals surface area contributed by atoms with Crippen molar-refractivity contribution < 1.29 is 19.0 Å². The molecular weight excluding hydrogens is 546 g/mol. The summed E-state index contributed by atoms with van der Waals surface area (Å²) < 4.78 is 21.6. The van der Waals surface area contributed by atoms with E-state index >= 15 is 0 Å². The van der Waals surface area contributed by atoms with Crippen molar-refractivity contribution in [3.05, 3.63) is 12.3 Å². The highest BCUT2D eigenvalue weighted by Gasteiger charge is 2.64. The van der Waals surface area contributed by atoms with Gasteiger partial charge in [-0.25, -0.2) is 4.79 Å². The molecule has 6 fully saturated rings. The summed E-state index contributed by atoms with van der Waals surface area (Å²) in [5.41, 5.74) is 4.06. The number of fused-ring (bicyclic) bond motifs is 6. The number of ether oxygens (including phenoxy) is 3. The maximum atomic E-state index is 13.0. The highest BCUT2D eigenvalue weighted by Crippen LogP contribution is 2.63. The van der Waals surface area contributed by atoms with E-state index in [0.717, 1.165) is 49.4 Å². The zero-order valence-electron chi connectivity index (χ0n) is 29.5. The van der Waals surface area contributed by atoms with Crippen LogP contribution in [0.4, 0.5) is 0 Å². The lowest BCUT2D eigenvalue weighted by molar-refractivity contribution is -0.311. The molecule has 8 atom stereocenters. The zero-order chi connectivity index (χ0) is 31.8. The fraction of sp³-hybridized carbons (Fsp3) is 0.923. The van der Waals surface area contributed by atoms with E-state index in [-0.39, 0.29) is 27.7 Å². The van der Waals surface area contributed by atoms with Gasteiger partial charge in [-0.05, 0) is 133 Å². The van der Waals surface area contributed by atoms with Gasteiger partial charge in [0.15, 0.2) is 0 Å². The predicted octanol–water partition coefficient (Wildman–Crippen LogP) is 9.41. The van der Waals surface area contributed by atoms with Crippen LogP contribution in [-0.2, 0) is 19.0 Å². The molecule has 6 bridgehead atoms. The van der Waals surface area contributed by atoms with Crippen LogP contribution < -0.4 is 5.73 Å². The lowest BCUT2D eigenvalue weighted by Crippen LogP contribution is -2.66. The molecule has 0 aromatic rings. The quantitative estimate of drug-likeness (QED) is 0.219. The normalized spacial score (nSPS) is 45.8. The largest absolute Gasteiger partial charge is 0.455 e. The summed E-state index contributed by atoms with van der Waals surface area (Å²) in [5.74, 6) is 2.72. The molecule has 6 aliphatic rings. The third-order valence-electron chi connectivity index (χ3n) is 14.4. The van der Waals surface area contributed by atoms with Crippen molar-refractivity contribution in [1.29, 1.82) is 0 Å². The topological polar surface area (TPSA) is 70.8 Å². The van der Waals surface area contributed by atoms with Crippen LogP contribution in [0.2, 0.25) is 0 Å². The molecule has 2 N–H and O–H groups in total. The van der Waals surface area contributed by atoms with E-state index in [1.165, 1.54) is 77.0 Å². The lowest BCUT2D eigenvalue weighted by atomic mass is 9.53. The minimum Gasteiger partial charge on any atom is -0.455 e. The number of hydrogen-bond acceptors (Lipinski definition) is 5. The van der Waals surface area contributed by atoms with Gasteiger partial charge in [-0.3, -0.25) is 0 Å². The van der Waals surface area contributed by atoms with E-state index < -0.39 is 22.8 Å². The summed E-state index contributed by atoms with van der Waals surface area (Å²) in [7, 11) is 0. The summed E-state index contributed by atoms with van der Waals surface area (Å²) >= 11 is 0. The predicted molar refractivity (Wildman–Crippen MR) is 177 cm³/mol. The molecule has 6 rings (SSSR count). The summed E-state index contributed by atoms with van der Waals surface area (Å²) in [6, 6.07) is 0. The fourth-order valence-electron chi connectivity index (χ4n) is 12.8. The SMILES string of the molecule is C=C(N)C(=O)OC1(C)CC2(OC(C)(C)C3(C)CC4CCCC(C4)C3)CCCC(OC(C)(C)C34CCCC(CC(C)C3)C4)(C1)C2. The number of carbonyl (C=O) groups excluding carboxylic acids is 1. The van der Waals surface area contributed by atoms with Gasteiger partial charge in [0.1, 0.15) is 11.3 Å². The van der Waals surface area contributed by atoms with Crippen molar-refractivity contribution in [2.24, 2.45) is 40.2 Å². The molecule has 5 heteroatoms. The highest BCUT2D eigenvalue weighted by atomic mass is 16.6. The van der Waals surface area contributed by atoms with E-state index in [2.05, 4.69) is 55.0 Å². The van der Waals surface area contributed by atoms with Gasteiger partial charge in [0.05, 0.1) is 22.4 Å². The highest BCUT2D eigenvalue weighted by molar-refractivity contribution is 5.86. The minimum absolute atomic E-state index is 0.0304. The van der Waals surface area contributed by atoms with Crippen molar-refractivity contribution in [3.8, 4) is 0 Å². The Bertz CT molecular complexity index is 1110. The van der Waals surface area contributed by atoms with Crippen LogP contribution in [-0.4, -0.2) is 34.0 Å². The van der Waals surface area contributed by atoms with Crippen LogP contribution in [0.3, 0.4) is 0 Å². The van der Waals surface area contributed by atoms with Crippen molar-refractivity contribution in [2.45, 2.75) is 192 Å². The Balaban J connectivity index is 1.33. The van der Waals surface area contributed by atoms with E-state index in [1.807, 2.05) is 0 Å². The Kier molecular flexibility index (Phi) is 8.21. The molecule has 250 valence electrons. The molecule has 44 heavy (non-hydrogen) atoms. The first-order valence-electron chi connectivity index (χ1n) is 18.5. The van der Waals surface area contributed by atoms with Crippen LogP contribution in [0.25, 0.3) is 0 Å². The number of carbonyl (C=O) groups is 1. The van der Waals surface area contributed by atoms with E-state index in [4.69, 9.17) is 19.9 Å².